The van der Waals surface area contributed by atoms with Gasteiger partial charge in [-0.15, -0.1) is 0 Å². The van der Waals surface area contributed by atoms with E-state index in [0.29, 0.717) is 10.6 Å². The summed E-state index contributed by atoms with van der Waals surface area (Å²) in [6, 6.07) is 4.75. The van der Waals surface area contributed by atoms with E-state index in [9.17, 15) is 14.4 Å². The molecule has 0 bridgehead atoms. The monoisotopic (exact) mass is 382 g/mol. The maximum absolute atomic E-state index is 12.1. The Balaban J connectivity index is 2.02. The second-order valence-corrected chi connectivity index (χ2v) is 6.24. The second kappa shape index (κ2) is 7.72. The van der Waals surface area contributed by atoms with Crippen LogP contribution in [0.1, 0.15) is 33.3 Å². The van der Waals surface area contributed by atoms with Crippen LogP contribution in [0.5, 0.6) is 0 Å². The van der Waals surface area contributed by atoms with Crippen molar-refractivity contribution in [3.05, 3.63) is 51.3 Å². The first kappa shape index (κ1) is 19.0. The number of rotatable bonds is 5. The molecule has 1 aromatic heterocycles. The van der Waals surface area contributed by atoms with E-state index in [1.807, 2.05) is 0 Å². The number of hydrogen-bond acceptors (Lipinski definition) is 4. The fraction of sp³-hybridized carbons (Fsp3) is 0.235. The summed E-state index contributed by atoms with van der Waals surface area (Å²) in [5.74, 6) is -1.47. The Morgan fingerprint density at radius 1 is 1.24 bits per heavy atom. The van der Waals surface area contributed by atoms with Gasteiger partial charge in [0.05, 0.1) is 15.7 Å². The van der Waals surface area contributed by atoms with E-state index in [2.05, 4.69) is 5.32 Å². The van der Waals surface area contributed by atoms with Gasteiger partial charge in [0, 0.05) is 18.8 Å². The van der Waals surface area contributed by atoms with E-state index in [1.54, 1.807) is 26.1 Å². The third kappa shape index (κ3) is 4.41. The first-order valence-corrected chi connectivity index (χ1v) is 8.05. The largest absolute Gasteiger partial charge is 0.451 e. The Labute approximate surface area is 154 Å². The van der Waals surface area contributed by atoms with Crippen LogP contribution in [0.25, 0.3) is 0 Å². The average molecular weight is 383 g/mol. The van der Waals surface area contributed by atoms with Gasteiger partial charge < -0.3 is 14.6 Å². The van der Waals surface area contributed by atoms with Crippen molar-refractivity contribution in [3.63, 3.8) is 0 Å². The molecule has 2 aromatic rings. The number of carbonyl (C=O) groups excluding carboxylic acids is 3. The molecule has 1 heterocycles. The Bertz CT molecular complexity index is 859. The van der Waals surface area contributed by atoms with E-state index in [-0.39, 0.29) is 22.2 Å². The SMILES string of the molecule is CC(=O)c1cc(C(=O)OCC(=O)Nc2c(Cl)ccc(C)c2Cl)n(C)c1. The van der Waals surface area contributed by atoms with Crippen molar-refractivity contribution in [1.82, 2.24) is 4.57 Å². The number of nitrogens with one attached hydrogen (secondary N) is 1. The molecule has 2 rings (SSSR count). The summed E-state index contributed by atoms with van der Waals surface area (Å²) in [4.78, 5) is 35.4. The van der Waals surface area contributed by atoms with E-state index in [0.717, 1.165) is 5.56 Å². The lowest BCUT2D eigenvalue weighted by Crippen LogP contribution is -2.22. The van der Waals surface area contributed by atoms with Gasteiger partial charge in [-0.2, -0.15) is 0 Å². The molecule has 8 heteroatoms. The zero-order chi connectivity index (χ0) is 18.7. The van der Waals surface area contributed by atoms with Crippen molar-refractivity contribution in [1.29, 1.82) is 0 Å². The lowest BCUT2D eigenvalue weighted by molar-refractivity contribution is -0.119. The van der Waals surface area contributed by atoms with Crippen LogP contribution in [0.4, 0.5) is 5.69 Å². The third-order valence-electron chi connectivity index (χ3n) is 3.50. The maximum atomic E-state index is 12.1. The van der Waals surface area contributed by atoms with E-state index in [4.69, 9.17) is 27.9 Å². The number of aryl methyl sites for hydroxylation is 2. The van der Waals surface area contributed by atoms with Crippen molar-refractivity contribution in [2.24, 2.45) is 7.05 Å². The number of Topliss-reactive ketones (excluding diaryl/α,β-unsaturated/α-hetero) is 1. The number of nitrogens with zero attached hydrogens (tertiary/aromatic N) is 1. The molecule has 6 nitrogen and oxygen atoms in total. The molecule has 0 spiro atoms. The molecule has 0 aliphatic heterocycles. The Morgan fingerprint density at radius 2 is 1.92 bits per heavy atom. The summed E-state index contributed by atoms with van der Waals surface area (Å²) in [6.07, 6.45) is 1.52. The lowest BCUT2D eigenvalue weighted by Gasteiger charge is -2.11. The van der Waals surface area contributed by atoms with Crippen LogP contribution in [0.3, 0.4) is 0 Å². The topological polar surface area (TPSA) is 77.4 Å². The molecule has 132 valence electrons. The zero-order valence-electron chi connectivity index (χ0n) is 13.9. The van der Waals surface area contributed by atoms with E-state index >= 15 is 0 Å². The molecular formula is C17H16Cl2N2O4. The molecule has 0 aliphatic rings. The minimum atomic E-state index is -0.716. The predicted molar refractivity (Wildman–Crippen MR) is 95.5 cm³/mol. The summed E-state index contributed by atoms with van der Waals surface area (Å²) >= 11 is 12.1. The highest BCUT2D eigenvalue weighted by molar-refractivity contribution is 6.40. The molecule has 1 N–H and O–H groups in total. The summed E-state index contributed by atoms with van der Waals surface area (Å²) in [6.45, 7) is 2.66. The van der Waals surface area contributed by atoms with Crippen LogP contribution < -0.4 is 5.32 Å². The Kier molecular flexibility index (Phi) is 5.87. The normalized spacial score (nSPS) is 10.4. The van der Waals surface area contributed by atoms with Crippen LogP contribution in [0.15, 0.2) is 24.4 Å². The number of halogens is 2. The van der Waals surface area contributed by atoms with Gasteiger partial charge >= 0.3 is 5.97 Å². The molecule has 0 saturated carbocycles. The molecule has 0 saturated heterocycles. The molecule has 1 aromatic carbocycles. The number of aromatic nitrogens is 1. The third-order valence-corrected chi connectivity index (χ3v) is 4.31. The van der Waals surface area contributed by atoms with Crippen molar-refractivity contribution in [3.8, 4) is 0 Å². The fourth-order valence-electron chi connectivity index (χ4n) is 2.11. The van der Waals surface area contributed by atoms with Crippen LogP contribution in [0.2, 0.25) is 10.0 Å². The van der Waals surface area contributed by atoms with Gasteiger partial charge in [-0.3, -0.25) is 9.59 Å². The second-order valence-electron chi connectivity index (χ2n) is 5.46. The van der Waals surface area contributed by atoms with Crippen LogP contribution in [0, 0.1) is 6.92 Å². The predicted octanol–water partition coefficient (Wildman–Crippen LogP) is 3.64. The first-order chi connectivity index (χ1) is 11.7. The van der Waals surface area contributed by atoms with Crippen molar-refractivity contribution < 1.29 is 19.1 Å². The van der Waals surface area contributed by atoms with Gasteiger partial charge in [-0.25, -0.2) is 4.79 Å². The summed E-state index contributed by atoms with van der Waals surface area (Å²) < 4.78 is 6.44. The van der Waals surface area contributed by atoms with Crippen molar-refractivity contribution >= 4 is 46.5 Å². The minimum Gasteiger partial charge on any atom is -0.451 e. The minimum absolute atomic E-state index is 0.170. The molecule has 0 fully saturated rings. The number of ether oxygens (including phenoxy) is 1. The summed E-state index contributed by atoms with van der Waals surface area (Å²) in [5, 5.41) is 3.12. The molecule has 25 heavy (non-hydrogen) atoms. The summed E-state index contributed by atoms with van der Waals surface area (Å²) in [7, 11) is 1.61. The van der Waals surface area contributed by atoms with Crippen LogP contribution in [-0.2, 0) is 16.6 Å². The number of anilines is 1. The van der Waals surface area contributed by atoms with Crippen LogP contribution in [-0.4, -0.2) is 28.8 Å². The van der Waals surface area contributed by atoms with Gasteiger partial charge in [-0.1, -0.05) is 29.3 Å². The average Bonchev–Trinajstić information content (AvgIpc) is 2.95. The molecule has 0 radical (unpaired) electrons. The first-order valence-electron chi connectivity index (χ1n) is 7.29. The summed E-state index contributed by atoms with van der Waals surface area (Å²) in [5.41, 5.74) is 1.57. The Morgan fingerprint density at radius 3 is 2.52 bits per heavy atom. The molecular weight excluding hydrogens is 367 g/mol. The number of carbonyl (C=O) groups is 3. The van der Waals surface area contributed by atoms with Gasteiger partial charge in [-0.05, 0) is 31.5 Å². The number of benzene rings is 1. The van der Waals surface area contributed by atoms with Crippen LogP contribution >= 0.6 is 23.2 Å². The van der Waals surface area contributed by atoms with Gasteiger partial charge in [0.15, 0.2) is 12.4 Å². The zero-order valence-corrected chi connectivity index (χ0v) is 15.4. The number of hydrogen-bond donors (Lipinski definition) is 1. The smallest absolute Gasteiger partial charge is 0.355 e. The number of ketones is 1. The quantitative estimate of drug-likeness (QED) is 0.632. The molecule has 1 amide bonds. The molecule has 0 aliphatic carbocycles. The highest BCUT2D eigenvalue weighted by Gasteiger charge is 2.17. The lowest BCUT2D eigenvalue weighted by atomic mass is 10.2. The fourth-order valence-corrected chi connectivity index (χ4v) is 2.58. The van der Waals surface area contributed by atoms with Gasteiger partial charge in [0.25, 0.3) is 5.91 Å². The highest BCUT2D eigenvalue weighted by atomic mass is 35.5. The standard InChI is InChI=1S/C17H16Cl2N2O4/c1-9-4-5-12(18)16(15(9)19)20-14(23)8-25-17(24)13-6-11(10(2)22)7-21(13)3/h4-7H,8H2,1-3H3,(H,20,23). The van der Waals surface area contributed by atoms with Crippen molar-refractivity contribution in [2.75, 3.05) is 11.9 Å². The molecule has 0 atom stereocenters. The van der Waals surface area contributed by atoms with Gasteiger partial charge in [0.2, 0.25) is 0 Å². The number of amides is 1. The van der Waals surface area contributed by atoms with Crippen molar-refractivity contribution in [2.45, 2.75) is 13.8 Å². The molecule has 0 unspecified atom stereocenters. The number of esters is 1. The highest BCUT2D eigenvalue weighted by Crippen LogP contribution is 2.32. The van der Waals surface area contributed by atoms with E-state index in [1.165, 1.54) is 23.8 Å². The Hall–Kier alpha value is -2.31. The van der Waals surface area contributed by atoms with E-state index < -0.39 is 18.5 Å². The van der Waals surface area contributed by atoms with Gasteiger partial charge in [0.1, 0.15) is 5.69 Å². The maximum Gasteiger partial charge on any atom is 0.355 e.